The van der Waals surface area contributed by atoms with Gasteiger partial charge in [-0.2, -0.15) is 0 Å². The zero-order valence-electron chi connectivity index (χ0n) is 12.6. The van der Waals surface area contributed by atoms with Crippen LogP contribution in [0.2, 0.25) is 0 Å². The topological polar surface area (TPSA) is 70.1 Å². The minimum atomic E-state index is 0.273. The van der Waals surface area contributed by atoms with Crippen molar-refractivity contribution in [1.29, 1.82) is 0 Å². The van der Waals surface area contributed by atoms with Crippen LogP contribution < -0.4 is 10.6 Å². The smallest absolute Gasteiger partial charge is 0.148 e. The van der Waals surface area contributed by atoms with E-state index in [9.17, 15) is 5.11 Å². The summed E-state index contributed by atoms with van der Waals surface area (Å²) in [5.74, 6) is 1.05. The van der Waals surface area contributed by atoms with Crippen molar-refractivity contribution >= 4 is 27.2 Å². The number of hydrogen-bond acceptors (Lipinski definition) is 6. The number of aromatic hydroxyl groups is 1. The standard InChI is InChI=1S/C17H18N4OS/c22-17-12(3-5-15-13(17)7-9-23-15)14-4-6-16(21-20-14)19-11-2-1-8-18-10-11/h3-7,9,11,18,22H,1-2,8,10H2,(H,19,21)/t11-/m1/s1. The quantitative estimate of drug-likeness (QED) is 0.689. The molecule has 0 unspecified atom stereocenters. The fourth-order valence-corrected chi connectivity index (χ4v) is 3.76. The number of thiophene rings is 1. The maximum Gasteiger partial charge on any atom is 0.148 e. The van der Waals surface area contributed by atoms with Gasteiger partial charge in [-0.1, -0.05) is 0 Å². The molecule has 0 spiro atoms. The number of nitrogens with one attached hydrogen (secondary N) is 2. The van der Waals surface area contributed by atoms with E-state index in [1.807, 2.05) is 35.7 Å². The Balaban J connectivity index is 1.58. The van der Waals surface area contributed by atoms with E-state index in [-0.39, 0.29) is 5.75 Å². The second-order valence-corrected chi connectivity index (χ2v) is 6.73. The third-order valence-corrected chi connectivity index (χ3v) is 5.08. The van der Waals surface area contributed by atoms with Crippen LogP contribution in [-0.2, 0) is 0 Å². The van der Waals surface area contributed by atoms with Crippen LogP contribution in [0.1, 0.15) is 12.8 Å². The molecule has 23 heavy (non-hydrogen) atoms. The van der Waals surface area contributed by atoms with Gasteiger partial charge in [-0.25, -0.2) is 0 Å². The molecule has 1 aromatic carbocycles. The number of rotatable bonds is 3. The molecule has 0 bridgehead atoms. The average Bonchev–Trinajstić information content (AvgIpc) is 3.07. The molecule has 0 saturated carbocycles. The zero-order valence-corrected chi connectivity index (χ0v) is 13.4. The number of piperidine rings is 1. The van der Waals surface area contributed by atoms with E-state index >= 15 is 0 Å². The van der Waals surface area contributed by atoms with Gasteiger partial charge in [-0.3, -0.25) is 0 Å². The van der Waals surface area contributed by atoms with Gasteiger partial charge in [-0.15, -0.1) is 21.5 Å². The van der Waals surface area contributed by atoms with Crippen molar-refractivity contribution in [3.05, 3.63) is 35.7 Å². The van der Waals surface area contributed by atoms with E-state index in [0.717, 1.165) is 35.4 Å². The van der Waals surface area contributed by atoms with E-state index in [0.29, 0.717) is 17.3 Å². The summed E-state index contributed by atoms with van der Waals surface area (Å²) in [7, 11) is 0. The Morgan fingerprint density at radius 3 is 2.91 bits per heavy atom. The van der Waals surface area contributed by atoms with E-state index in [4.69, 9.17) is 0 Å². The van der Waals surface area contributed by atoms with Crippen molar-refractivity contribution in [3.63, 3.8) is 0 Å². The molecule has 1 atom stereocenters. The van der Waals surface area contributed by atoms with Crippen molar-refractivity contribution in [3.8, 4) is 17.0 Å². The molecule has 1 saturated heterocycles. The Morgan fingerprint density at radius 1 is 1.17 bits per heavy atom. The Morgan fingerprint density at radius 2 is 2.13 bits per heavy atom. The van der Waals surface area contributed by atoms with Crippen LogP contribution in [0, 0.1) is 0 Å². The van der Waals surface area contributed by atoms with Crippen LogP contribution in [0.3, 0.4) is 0 Å². The third-order valence-electron chi connectivity index (χ3n) is 4.20. The highest BCUT2D eigenvalue weighted by Gasteiger charge is 2.14. The summed E-state index contributed by atoms with van der Waals surface area (Å²) in [6.07, 6.45) is 2.32. The number of hydrogen-bond donors (Lipinski definition) is 3. The Bertz CT molecular complexity index is 809. The summed E-state index contributed by atoms with van der Waals surface area (Å²) < 4.78 is 1.07. The lowest BCUT2D eigenvalue weighted by Gasteiger charge is -2.24. The number of nitrogens with zero attached hydrogens (tertiary/aromatic N) is 2. The molecule has 4 rings (SSSR count). The van der Waals surface area contributed by atoms with Crippen molar-refractivity contribution in [2.24, 2.45) is 0 Å². The highest BCUT2D eigenvalue weighted by atomic mass is 32.1. The summed E-state index contributed by atoms with van der Waals surface area (Å²) in [5, 5.41) is 28.6. The summed E-state index contributed by atoms with van der Waals surface area (Å²) in [6.45, 7) is 2.05. The summed E-state index contributed by atoms with van der Waals surface area (Å²) >= 11 is 1.62. The van der Waals surface area contributed by atoms with Gasteiger partial charge in [0, 0.05) is 28.2 Å². The van der Waals surface area contributed by atoms with Gasteiger partial charge in [-0.05, 0) is 55.1 Å². The minimum absolute atomic E-state index is 0.273. The molecule has 3 aromatic rings. The second-order valence-electron chi connectivity index (χ2n) is 5.79. The van der Waals surface area contributed by atoms with Crippen molar-refractivity contribution < 1.29 is 5.11 Å². The van der Waals surface area contributed by atoms with E-state index in [1.165, 1.54) is 6.42 Å². The van der Waals surface area contributed by atoms with E-state index < -0.39 is 0 Å². The first kappa shape index (κ1) is 14.4. The molecule has 1 aliphatic heterocycles. The predicted molar refractivity (Wildman–Crippen MR) is 94.0 cm³/mol. The van der Waals surface area contributed by atoms with Gasteiger partial charge in [0.15, 0.2) is 0 Å². The van der Waals surface area contributed by atoms with E-state index in [1.54, 1.807) is 11.3 Å². The van der Waals surface area contributed by atoms with Gasteiger partial charge in [0.1, 0.15) is 11.6 Å². The van der Waals surface area contributed by atoms with Crippen molar-refractivity contribution in [2.45, 2.75) is 18.9 Å². The fraction of sp³-hybridized carbons (Fsp3) is 0.294. The van der Waals surface area contributed by atoms with Crippen molar-refractivity contribution in [1.82, 2.24) is 15.5 Å². The number of benzene rings is 1. The van der Waals surface area contributed by atoms with Crippen LogP contribution in [0.5, 0.6) is 5.75 Å². The first-order valence-corrected chi connectivity index (χ1v) is 8.70. The molecule has 3 heterocycles. The summed E-state index contributed by atoms with van der Waals surface area (Å²) in [6, 6.07) is 10.1. The first-order chi connectivity index (χ1) is 11.3. The predicted octanol–water partition coefficient (Wildman–Crippen LogP) is 3.23. The molecule has 0 amide bonds. The summed E-state index contributed by atoms with van der Waals surface area (Å²) in [4.78, 5) is 0. The molecule has 118 valence electrons. The normalized spacial score (nSPS) is 18.2. The number of aromatic nitrogens is 2. The average molecular weight is 326 g/mol. The molecule has 6 heteroatoms. The van der Waals surface area contributed by atoms with Crippen LogP contribution in [-0.4, -0.2) is 34.4 Å². The number of phenolic OH excluding ortho intramolecular Hbond substituents is 1. The first-order valence-electron chi connectivity index (χ1n) is 7.82. The largest absolute Gasteiger partial charge is 0.507 e. The third kappa shape index (κ3) is 2.87. The highest BCUT2D eigenvalue weighted by molar-refractivity contribution is 7.17. The van der Waals surface area contributed by atoms with Crippen LogP contribution in [0.25, 0.3) is 21.3 Å². The molecular formula is C17H18N4OS. The van der Waals surface area contributed by atoms with Crippen LogP contribution in [0.15, 0.2) is 35.7 Å². The monoisotopic (exact) mass is 326 g/mol. The molecule has 5 nitrogen and oxygen atoms in total. The maximum absolute atomic E-state index is 10.4. The molecule has 3 N–H and O–H groups in total. The maximum atomic E-state index is 10.4. The molecule has 0 radical (unpaired) electrons. The molecule has 2 aromatic heterocycles. The molecule has 0 aliphatic carbocycles. The SMILES string of the molecule is Oc1c(-c2ccc(N[C@@H]3CCCNC3)nn2)ccc2sccc12. The van der Waals surface area contributed by atoms with Gasteiger partial charge in [0.2, 0.25) is 0 Å². The van der Waals surface area contributed by atoms with Crippen LogP contribution >= 0.6 is 11.3 Å². The summed E-state index contributed by atoms with van der Waals surface area (Å²) in [5.41, 5.74) is 1.40. The lowest BCUT2D eigenvalue weighted by Crippen LogP contribution is -2.38. The second kappa shape index (κ2) is 6.14. The number of fused-ring (bicyclic) bond motifs is 1. The Labute approximate surface area is 138 Å². The van der Waals surface area contributed by atoms with Crippen molar-refractivity contribution in [2.75, 3.05) is 18.4 Å². The van der Waals surface area contributed by atoms with Crippen LogP contribution in [0.4, 0.5) is 5.82 Å². The van der Waals surface area contributed by atoms with Gasteiger partial charge >= 0.3 is 0 Å². The van der Waals surface area contributed by atoms with Gasteiger partial charge < -0.3 is 15.7 Å². The minimum Gasteiger partial charge on any atom is -0.507 e. The van der Waals surface area contributed by atoms with E-state index in [2.05, 4.69) is 20.8 Å². The lowest BCUT2D eigenvalue weighted by atomic mass is 10.1. The Kier molecular flexibility index (Phi) is 3.85. The van der Waals surface area contributed by atoms with Gasteiger partial charge in [0.25, 0.3) is 0 Å². The number of phenols is 1. The highest BCUT2D eigenvalue weighted by Crippen LogP contribution is 2.37. The number of anilines is 1. The molecule has 1 fully saturated rings. The fourth-order valence-electron chi connectivity index (χ4n) is 2.97. The molecular weight excluding hydrogens is 308 g/mol. The Hall–Kier alpha value is -2.18. The van der Waals surface area contributed by atoms with Gasteiger partial charge in [0.05, 0.1) is 5.69 Å². The zero-order chi connectivity index (χ0) is 15.6. The molecule has 1 aliphatic rings. The lowest BCUT2D eigenvalue weighted by molar-refractivity contribution is 0.478.